The monoisotopic (exact) mass is 240 g/mol. The Balaban J connectivity index is 2.30. The van der Waals surface area contributed by atoms with Gasteiger partial charge in [-0.3, -0.25) is 4.79 Å². The van der Waals surface area contributed by atoms with Crippen molar-refractivity contribution in [3.63, 3.8) is 0 Å². The third-order valence-electron chi connectivity index (χ3n) is 2.45. The summed E-state index contributed by atoms with van der Waals surface area (Å²) in [5.41, 5.74) is 1.17. The van der Waals surface area contributed by atoms with Gasteiger partial charge in [0.05, 0.1) is 6.04 Å². The van der Waals surface area contributed by atoms with Crippen molar-refractivity contribution in [2.75, 3.05) is 13.6 Å². The van der Waals surface area contributed by atoms with Crippen molar-refractivity contribution in [3.8, 4) is 0 Å². The fourth-order valence-electron chi connectivity index (χ4n) is 1.27. The number of rotatable bonds is 5. The van der Waals surface area contributed by atoms with E-state index in [-0.39, 0.29) is 11.9 Å². The van der Waals surface area contributed by atoms with Crippen LogP contribution in [0.1, 0.15) is 12.5 Å². The van der Waals surface area contributed by atoms with Gasteiger partial charge in [0.1, 0.15) is 0 Å². The molecule has 4 heteroatoms. The van der Waals surface area contributed by atoms with E-state index in [0.717, 1.165) is 11.4 Å². The van der Waals surface area contributed by atoms with Crippen LogP contribution in [0.25, 0.3) is 0 Å². The number of nitrogens with one attached hydrogen (secondary N) is 2. The van der Waals surface area contributed by atoms with Crippen molar-refractivity contribution in [2.24, 2.45) is 0 Å². The first kappa shape index (κ1) is 13.0. The number of amides is 1. The quantitative estimate of drug-likeness (QED) is 0.821. The van der Waals surface area contributed by atoms with Gasteiger partial charge in [0, 0.05) is 11.6 Å². The molecule has 0 spiro atoms. The molecule has 0 saturated heterocycles. The highest BCUT2D eigenvalue weighted by Crippen LogP contribution is 2.09. The van der Waals surface area contributed by atoms with Crippen molar-refractivity contribution in [1.29, 1.82) is 0 Å². The molecule has 3 nitrogen and oxygen atoms in total. The lowest BCUT2D eigenvalue weighted by atomic mass is 10.1. The molecule has 16 heavy (non-hydrogen) atoms. The Morgan fingerprint density at radius 2 is 2.00 bits per heavy atom. The van der Waals surface area contributed by atoms with E-state index >= 15 is 0 Å². The standard InChI is InChI=1S/C12H17ClN2O/c1-9(14-2)12(16)15-8-7-10-3-5-11(13)6-4-10/h3-6,9,14H,7-8H2,1-2H3,(H,15,16). The molecule has 2 N–H and O–H groups in total. The molecule has 1 amide bonds. The van der Waals surface area contributed by atoms with Crippen LogP contribution in [-0.4, -0.2) is 25.5 Å². The van der Waals surface area contributed by atoms with E-state index in [9.17, 15) is 4.79 Å². The fraction of sp³-hybridized carbons (Fsp3) is 0.417. The first-order chi connectivity index (χ1) is 7.63. The van der Waals surface area contributed by atoms with E-state index in [4.69, 9.17) is 11.6 Å². The second-order valence-corrected chi connectivity index (χ2v) is 4.11. The number of halogens is 1. The molecule has 0 aromatic heterocycles. The number of carbonyl (C=O) groups excluding carboxylic acids is 1. The second kappa shape index (κ2) is 6.51. The SMILES string of the molecule is CNC(C)C(=O)NCCc1ccc(Cl)cc1. The van der Waals surface area contributed by atoms with Crippen LogP contribution in [0.4, 0.5) is 0 Å². The first-order valence-corrected chi connectivity index (χ1v) is 5.70. The lowest BCUT2D eigenvalue weighted by Crippen LogP contribution is -2.41. The number of hydrogen-bond acceptors (Lipinski definition) is 2. The lowest BCUT2D eigenvalue weighted by molar-refractivity contribution is -0.122. The van der Waals surface area contributed by atoms with Gasteiger partial charge >= 0.3 is 0 Å². The van der Waals surface area contributed by atoms with Crippen LogP contribution in [0.15, 0.2) is 24.3 Å². The van der Waals surface area contributed by atoms with Gasteiger partial charge in [0.2, 0.25) is 5.91 Å². The summed E-state index contributed by atoms with van der Waals surface area (Å²) in [5, 5.41) is 6.49. The normalized spacial score (nSPS) is 12.2. The molecule has 0 aliphatic rings. The van der Waals surface area contributed by atoms with E-state index in [0.29, 0.717) is 6.54 Å². The Morgan fingerprint density at radius 3 is 2.56 bits per heavy atom. The highest BCUT2D eigenvalue weighted by atomic mass is 35.5. The first-order valence-electron chi connectivity index (χ1n) is 5.33. The van der Waals surface area contributed by atoms with E-state index < -0.39 is 0 Å². The van der Waals surface area contributed by atoms with Crippen LogP contribution in [0.5, 0.6) is 0 Å². The largest absolute Gasteiger partial charge is 0.354 e. The summed E-state index contributed by atoms with van der Waals surface area (Å²) in [4.78, 5) is 11.4. The maximum atomic E-state index is 11.4. The van der Waals surface area contributed by atoms with Crippen LogP contribution < -0.4 is 10.6 Å². The van der Waals surface area contributed by atoms with Crippen molar-refractivity contribution >= 4 is 17.5 Å². The zero-order chi connectivity index (χ0) is 12.0. The smallest absolute Gasteiger partial charge is 0.236 e. The van der Waals surface area contributed by atoms with Crippen molar-refractivity contribution < 1.29 is 4.79 Å². The number of hydrogen-bond donors (Lipinski definition) is 2. The molecule has 0 aliphatic heterocycles. The zero-order valence-corrected chi connectivity index (χ0v) is 10.3. The average molecular weight is 241 g/mol. The summed E-state index contributed by atoms with van der Waals surface area (Å²) in [6.45, 7) is 2.48. The summed E-state index contributed by atoms with van der Waals surface area (Å²) in [7, 11) is 1.77. The van der Waals surface area contributed by atoms with Gasteiger partial charge in [-0.2, -0.15) is 0 Å². The van der Waals surface area contributed by atoms with E-state index in [1.807, 2.05) is 31.2 Å². The molecular formula is C12H17ClN2O. The predicted octanol–water partition coefficient (Wildman–Crippen LogP) is 1.61. The fourth-order valence-corrected chi connectivity index (χ4v) is 1.39. The molecule has 1 aromatic carbocycles. The summed E-state index contributed by atoms with van der Waals surface area (Å²) in [6, 6.07) is 7.50. The van der Waals surface area contributed by atoms with Crippen LogP contribution in [-0.2, 0) is 11.2 Å². The molecule has 1 rings (SSSR count). The van der Waals surface area contributed by atoms with Crippen LogP contribution in [0.2, 0.25) is 5.02 Å². The highest BCUT2D eigenvalue weighted by Gasteiger charge is 2.08. The molecule has 0 aliphatic carbocycles. The van der Waals surface area contributed by atoms with E-state index in [1.165, 1.54) is 5.56 Å². The minimum atomic E-state index is -0.148. The molecule has 0 bridgehead atoms. The molecule has 1 aromatic rings. The molecule has 1 atom stereocenters. The van der Waals surface area contributed by atoms with Crippen LogP contribution >= 0.6 is 11.6 Å². The van der Waals surface area contributed by atoms with E-state index in [2.05, 4.69) is 10.6 Å². The molecular weight excluding hydrogens is 224 g/mol. The Morgan fingerprint density at radius 1 is 1.38 bits per heavy atom. The topological polar surface area (TPSA) is 41.1 Å². The van der Waals surface area contributed by atoms with Crippen molar-refractivity contribution in [3.05, 3.63) is 34.9 Å². The summed E-state index contributed by atoms with van der Waals surface area (Å²) in [5.74, 6) is 0.0245. The Hall–Kier alpha value is -1.06. The van der Waals surface area contributed by atoms with Crippen molar-refractivity contribution in [2.45, 2.75) is 19.4 Å². The Labute approximate surface area is 101 Å². The van der Waals surface area contributed by atoms with Gasteiger partial charge in [-0.1, -0.05) is 23.7 Å². The molecule has 0 fully saturated rings. The van der Waals surface area contributed by atoms with Crippen LogP contribution in [0.3, 0.4) is 0 Å². The maximum Gasteiger partial charge on any atom is 0.236 e. The highest BCUT2D eigenvalue weighted by molar-refractivity contribution is 6.30. The number of likely N-dealkylation sites (N-methyl/N-ethyl adjacent to an activating group) is 1. The maximum absolute atomic E-state index is 11.4. The minimum Gasteiger partial charge on any atom is -0.354 e. The molecule has 0 heterocycles. The Bertz CT molecular complexity index is 337. The molecule has 1 unspecified atom stereocenters. The lowest BCUT2D eigenvalue weighted by Gasteiger charge is -2.10. The third-order valence-corrected chi connectivity index (χ3v) is 2.70. The summed E-state index contributed by atoms with van der Waals surface area (Å²) >= 11 is 5.78. The van der Waals surface area contributed by atoms with Gasteiger partial charge in [-0.05, 0) is 38.1 Å². The van der Waals surface area contributed by atoms with E-state index in [1.54, 1.807) is 7.05 Å². The predicted molar refractivity (Wildman–Crippen MR) is 66.7 cm³/mol. The number of benzene rings is 1. The Kier molecular flexibility index (Phi) is 5.29. The van der Waals surface area contributed by atoms with Crippen LogP contribution in [0, 0.1) is 0 Å². The summed E-state index contributed by atoms with van der Waals surface area (Å²) in [6.07, 6.45) is 0.819. The molecule has 88 valence electrons. The number of carbonyl (C=O) groups is 1. The molecule has 0 saturated carbocycles. The minimum absolute atomic E-state index is 0.0245. The average Bonchev–Trinajstić information content (AvgIpc) is 2.30. The third kappa shape index (κ3) is 4.21. The second-order valence-electron chi connectivity index (χ2n) is 3.68. The summed E-state index contributed by atoms with van der Waals surface area (Å²) < 4.78 is 0. The van der Waals surface area contributed by atoms with Gasteiger partial charge in [0.25, 0.3) is 0 Å². The molecule has 0 radical (unpaired) electrons. The van der Waals surface area contributed by atoms with Gasteiger partial charge in [-0.25, -0.2) is 0 Å². The van der Waals surface area contributed by atoms with Gasteiger partial charge in [0.15, 0.2) is 0 Å². The van der Waals surface area contributed by atoms with Gasteiger partial charge < -0.3 is 10.6 Å². The van der Waals surface area contributed by atoms with Crippen molar-refractivity contribution in [1.82, 2.24) is 10.6 Å². The van der Waals surface area contributed by atoms with Gasteiger partial charge in [-0.15, -0.1) is 0 Å². The zero-order valence-electron chi connectivity index (χ0n) is 9.59.